The molecule has 3 aromatic rings. The van der Waals surface area contributed by atoms with Crippen LogP contribution in [0.2, 0.25) is 0 Å². The molecular weight excluding hydrogens is 466 g/mol. The highest BCUT2D eigenvalue weighted by Crippen LogP contribution is 2.26. The first-order valence-corrected chi connectivity index (χ1v) is 12.8. The molecule has 1 fully saturated rings. The monoisotopic (exact) mass is 503 g/mol. The summed E-state index contributed by atoms with van der Waals surface area (Å²) in [6, 6.07) is 11.9. The van der Waals surface area contributed by atoms with Gasteiger partial charge in [0.15, 0.2) is 5.65 Å². The molecule has 37 heavy (non-hydrogen) atoms. The molecule has 1 aliphatic heterocycles. The number of hydrogen-bond donors (Lipinski definition) is 1. The molecule has 196 valence electrons. The molecule has 3 heterocycles. The number of amides is 1. The Kier molecular flexibility index (Phi) is 7.92. The molecule has 1 atom stereocenters. The molecule has 1 saturated heterocycles. The quantitative estimate of drug-likeness (QED) is 0.471. The number of aromatic nitrogens is 3. The Bertz CT molecular complexity index is 1320. The second kappa shape index (κ2) is 11.1. The van der Waals surface area contributed by atoms with E-state index in [0.29, 0.717) is 11.6 Å². The fourth-order valence-corrected chi connectivity index (χ4v) is 4.72. The third-order valence-electron chi connectivity index (χ3n) is 6.79. The van der Waals surface area contributed by atoms with Crippen LogP contribution in [0, 0.1) is 0 Å². The van der Waals surface area contributed by atoms with Gasteiger partial charge in [0.25, 0.3) is 5.56 Å². The van der Waals surface area contributed by atoms with E-state index in [1.165, 1.54) is 11.6 Å². The predicted molar refractivity (Wildman–Crippen MR) is 149 cm³/mol. The van der Waals surface area contributed by atoms with Crippen LogP contribution in [0.5, 0.6) is 0 Å². The number of carbonyl (C=O) groups is 1. The van der Waals surface area contributed by atoms with E-state index in [-0.39, 0.29) is 23.6 Å². The van der Waals surface area contributed by atoms with Crippen molar-refractivity contribution in [1.29, 1.82) is 0 Å². The molecule has 0 spiro atoms. The second-order valence-electron chi connectivity index (χ2n) is 10.1. The number of pyridine rings is 1. The van der Waals surface area contributed by atoms with Crippen LogP contribution in [0.3, 0.4) is 0 Å². The summed E-state index contributed by atoms with van der Waals surface area (Å²) >= 11 is 0. The number of carbonyl (C=O) groups excluding carboxylic acids is 1. The Balaban J connectivity index is 1.49. The minimum Gasteiger partial charge on any atom is -0.362 e. The zero-order valence-corrected chi connectivity index (χ0v) is 22.4. The summed E-state index contributed by atoms with van der Waals surface area (Å²) in [7, 11) is 3.88. The molecule has 1 amide bonds. The molecule has 4 rings (SSSR count). The first-order chi connectivity index (χ1) is 17.7. The zero-order chi connectivity index (χ0) is 26.7. The van der Waals surface area contributed by atoms with Gasteiger partial charge in [-0.3, -0.25) is 19.1 Å². The van der Waals surface area contributed by atoms with Crippen LogP contribution in [0.4, 0.5) is 11.8 Å². The summed E-state index contributed by atoms with van der Waals surface area (Å²) in [6.45, 7) is 13.6. The Hall–Kier alpha value is -3.72. The summed E-state index contributed by atoms with van der Waals surface area (Å²) in [6.07, 6.45) is 1.39. The van der Waals surface area contributed by atoms with Gasteiger partial charge < -0.3 is 15.1 Å². The predicted octanol–water partition coefficient (Wildman–Crippen LogP) is 3.44. The summed E-state index contributed by atoms with van der Waals surface area (Å²) in [5.74, 6) is 1.25. The molecule has 1 N–H and O–H groups in total. The van der Waals surface area contributed by atoms with Crippen LogP contribution >= 0.6 is 0 Å². The SMILES string of the molecule is C=CC(=O)N1CCN(Cc2ccc(C(C)Nc3nc(N(C)C)c4ccc(=O)n(C(C)C)c4n3)cc2)CC1. The lowest BCUT2D eigenvalue weighted by atomic mass is 10.1. The van der Waals surface area contributed by atoms with Gasteiger partial charge in [0.2, 0.25) is 11.9 Å². The van der Waals surface area contributed by atoms with Gasteiger partial charge in [-0.1, -0.05) is 30.8 Å². The van der Waals surface area contributed by atoms with E-state index in [1.54, 1.807) is 16.7 Å². The normalized spacial score (nSPS) is 15.1. The highest BCUT2D eigenvalue weighted by atomic mass is 16.2. The molecule has 0 radical (unpaired) electrons. The van der Waals surface area contributed by atoms with E-state index < -0.39 is 0 Å². The lowest BCUT2D eigenvalue weighted by molar-refractivity contribution is -0.127. The lowest BCUT2D eigenvalue weighted by Crippen LogP contribution is -2.47. The van der Waals surface area contributed by atoms with Gasteiger partial charge in [-0.05, 0) is 44.0 Å². The van der Waals surface area contributed by atoms with Crippen molar-refractivity contribution in [2.75, 3.05) is 50.5 Å². The average molecular weight is 504 g/mol. The molecule has 2 aromatic heterocycles. The Labute approximate surface area is 218 Å². The first-order valence-electron chi connectivity index (χ1n) is 12.8. The van der Waals surface area contributed by atoms with E-state index in [2.05, 4.69) is 48.0 Å². The topological polar surface area (TPSA) is 86.6 Å². The van der Waals surface area contributed by atoms with E-state index in [9.17, 15) is 9.59 Å². The summed E-state index contributed by atoms with van der Waals surface area (Å²) < 4.78 is 1.71. The van der Waals surface area contributed by atoms with Crippen molar-refractivity contribution >= 4 is 28.7 Å². The smallest absolute Gasteiger partial charge is 0.252 e. The van der Waals surface area contributed by atoms with Crippen molar-refractivity contribution in [2.24, 2.45) is 0 Å². The molecule has 9 heteroatoms. The summed E-state index contributed by atoms with van der Waals surface area (Å²) in [4.78, 5) is 40.1. The molecule has 0 aliphatic carbocycles. The number of rotatable bonds is 8. The number of piperazine rings is 1. The van der Waals surface area contributed by atoms with E-state index in [0.717, 1.165) is 49.5 Å². The summed E-state index contributed by atoms with van der Waals surface area (Å²) in [5.41, 5.74) is 2.90. The van der Waals surface area contributed by atoms with Crippen molar-refractivity contribution in [3.8, 4) is 0 Å². The fourth-order valence-electron chi connectivity index (χ4n) is 4.72. The molecule has 9 nitrogen and oxygen atoms in total. The van der Waals surface area contributed by atoms with E-state index in [4.69, 9.17) is 9.97 Å². The number of benzene rings is 1. The van der Waals surface area contributed by atoms with Gasteiger partial charge >= 0.3 is 0 Å². The number of nitrogens with one attached hydrogen (secondary N) is 1. The molecule has 1 aliphatic rings. The molecule has 0 saturated carbocycles. The number of fused-ring (bicyclic) bond motifs is 1. The van der Waals surface area contributed by atoms with Gasteiger partial charge in [-0.25, -0.2) is 0 Å². The molecule has 0 bridgehead atoms. The van der Waals surface area contributed by atoms with Crippen molar-refractivity contribution in [3.05, 3.63) is 70.5 Å². The van der Waals surface area contributed by atoms with Crippen LogP contribution in [0.25, 0.3) is 11.0 Å². The summed E-state index contributed by atoms with van der Waals surface area (Å²) in [5, 5.41) is 4.28. The van der Waals surface area contributed by atoms with Gasteiger partial charge in [-0.15, -0.1) is 0 Å². The Morgan fingerprint density at radius 2 is 1.73 bits per heavy atom. The van der Waals surface area contributed by atoms with Crippen molar-refractivity contribution < 1.29 is 4.79 Å². The van der Waals surface area contributed by atoms with Crippen molar-refractivity contribution in [2.45, 2.75) is 39.4 Å². The largest absolute Gasteiger partial charge is 0.362 e. The van der Waals surface area contributed by atoms with Gasteiger partial charge in [-0.2, -0.15) is 9.97 Å². The minimum atomic E-state index is -0.0748. The highest BCUT2D eigenvalue weighted by Gasteiger charge is 2.20. The van der Waals surface area contributed by atoms with Gasteiger partial charge in [0.05, 0.1) is 11.4 Å². The van der Waals surface area contributed by atoms with Crippen LogP contribution in [-0.4, -0.2) is 70.5 Å². The van der Waals surface area contributed by atoms with E-state index >= 15 is 0 Å². The van der Waals surface area contributed by atoms with Crippen LogP contribution in [0.15, 0.2) is 53.8 Å². The van der Waals surface area contributed by atoms with E-state index in [1.807, 2.05) is 37.7 Å². The fraction of sp³-hybridized carbons (Fsp3) is 0.429. The first kappa shape index (κ1) is 26.3. The van der Waals surface area contributed by atoms with Gasteiger partial charge in [0.1, 0.15) is 5.82 Å². The Morgan fingerprint density at radius 3 is 2.32 bits per heavy atom. The molecular formula is C28H37N7O2. The maximum absolute atomic E-state index is 12.6. The third-order valence-corrected chi connectivity index (χ3v) is 6.79. The third kappa shape index (κ3) is 5.83. The number of anilines is 2. The minimum absolute atomic E-state index is 0.00563. The second-order valence-corrected chi connectivity index (χ2v) is 10.1. The number of nitrogens with zero attached hydrogens (tertiary/aromatic N) is 6. The number of hydrogen-bond acceptors (Lipinski definition) is 7. The zero-order valence-electron chi connectivity index (χ0n) is 22.4. The maximum atomic E-state index is 12.6. The highest BCUT2D eigenvalue weighted by molar-refractivity contribution is 5.88. The standard InChI is InChI=1S/C28H37N7O2/c1-7-24(36)34-16-14-33(15-17-34)18-21-8-10-22(11-9-21)20(4)29-28-30-26(32(5)6)23-12-13-25(37)35(19(2)3)27(23)31-28/h7-13,19-20H,1,14-18H2,2-6H3,(H,29,30,31). The maximum Gasteiger partial charge on any atom is 0.252 e. The lowest BCUT2D eigenvalue weighted by Gasteiger charge is -2.34. The molecule has 1 aromatic carbocycles. The van der Waals surface area contributed by atoms with Crippen molar-refractivity contribution in [3.63, 3.8) is 0 Å². The average Bonchev–Trinajstić information content (AvgIpc) is 2.88. The van der Waals surface area contributed by atoms with Crippen LogP contribution in [0.1, 0.15) is 44.0 Å². The molecule has 1 unspecified atom stereocenters. The van der Waals surface area contributed by atoms with Gasteiger partial charge in [0, 0.05) is 58.9 Å². The Morgan fingerprint density at radius 1 is 1.05 bits per heavy atom. The van der Waals surface area contributed by atoms with Crippen molar-refractivity contribution in [1.82, 2.24) is 24.3 Å². The van der Waals surface area contributed by atoms with Crippen LogP contribution < -0.4 is 15.8 Å². The van der Waals surface area contributed by atoms with Crippen LogP contribution in [-0.2, 0) is 11.3 Å².